The zero-order valence-electron chi connectivity index (χ0n) is 11.6. The molecule has 1 aromatic carbocycles. The van der Waals surface area contributed by atoms with Gasteiger partial charge in [-0.15, -0.1) is 11.3 Å². The SMILES string of the molecule is COc1ccc(C(Br)c2cc3c(s2)CCSC3)c(C)c1. The van der Waals surface area contributed by atoms with E-state index in [2.05, 4.69) is 41.1 Å². The lowest BCUT2D eigenvalue weighted by atomic mass is 10.0. The van der Waals surface area contributed by atoms with Gasteiger partial charge in [0.25, 0.3) is 0 Å². The van der Waals surface area contributed by atoms with Crippen LogP contribution in [0.3, 0.4) is 0 Å². The number of benzene rings is 1. The average molecular weight is 369 g/mol. The van der Waals surface area contributed by atoms with E-state index >= 15 is 0 Å². The van der Waals surface area contributed by atoms with Gasteiger partial charge in [-0.1, -0.05) is 22.0 Å². The fourth-order valence-corrected chi connectivity index (χ4v) is 5.81. The van der Waals surface area contributed by atoms with Crippen molar-refractivity contribution in [2.75, 3.05) is 12.9 Å². The number of halogens is 1. The highest BCUT2D eigenvalue weighted by atomic mass is 79.9. The molecule has 0 amide bonds. The van der Waals surface area contributed by atoms with Crippen LogP contribution >= 0.6 is 39.0 Å². The maximum absolute atomic E-state index is 5.29. The van der Waals surface area contributed by atoms with Gasteiger partial charge in [0.1, 0.15) is 5.75 Å². The summed E-state index contributed by atoms with van der Waals surface area (Å²) in [6, 6.07) is 8.70. The summed E-state index contributed by atoms with van der Waals surface area (Å²) in [5, 5.41) is 0. The number of rotatable bonds is 3. The fraction of sp³-hybridized carbons (Fsp3) is 0.375. The predicted octanol–water partition coefficient (Wildman–Crippen LogP) is 5.34. The molecule has 1 aliphatic heterocycles. The number of hydrogen-bond donors (Lipinski definition) is 0. The standard InChI is InChI=1S/C16H17BrOS2/c1-10-7-12(18-2)3-4-13(10)16(17)15-8-11-9-19-6-5-14(11)20-15/h3-4,7-8,16H,5-6,9H2,1-2H3. The first kappa shape index (κ1) is 14.5. The van der Waals surface area contributed by atoms with E-state index in [1.165, 1.54) is 39.5 Å². The Morgan fingerprint density at radius 1 is 1.30 bits per heavy atom. The summed E-state index contributed by atoms with van der Waals surface area (Å²) in [4.78, 5) is 3.29. The highest BCUT2D eigenvalue weighted by Gasteiger charge is 2.20. The molecule has 20 heavy (non-hydrogen) atoms. The lowest BCUT2D eigenvalue weighted by Gasteiger charge is -2.12. The van der Waals surface area contributed by atoms with Crippen molar-refractivity contribution in [3.63, 3.8) is 0 Å². The molecular formula is C16H17BrOS2. The second-order valence-corrected chi connectivity index (χ2v) is 8.17. The molecule has 0 bridgehead atoms. The molecule has 1 atom stereocenters. The van der Waals surface area contributed by atoms with Gasteiger partial charge in [-0.2, -0.15) is 11.8 Å². The van der Waals surface area contributed by atoms with Crippen molar-refractivity contribution in [1.82, 2.24) is 0 Å². The monoisotopic (exact) mass is 368 g/mol. The Morgan fingerprint density at radius 2 is 2.15 bits per heavy atom. The number of ether oxygens (including phenoxy) is 1. The Kier molecular flexibility index (Phi) is 4.43. The number of fused-ring (bicyclic) bond motifs is 1. The topological polar surface area (TPSA) is 9.23 Å². The van der Waals surface area contributed by atoms with Crippen molar-refractivity contribution in [2.24, 2.45) is 0 Å². The van der Waals surface area contributed by atoms with Crippen molar-refractivity contribution >= 4 is 39.0 Å². The third-order valence-electron chi connectivity index (χ3n) is 3.65. The van der Waals surface area contributed by atoms with Gasteiger partial charge in [0.2, 0.25) is 0 Å². The van der Waals surface area contributed by atoms with Gasteiger partial charge in [0.05, 0.1) is 11.9 Å². The molecule has 0 saturated heterocycles. The quantitative estimate of drug-likeness (QED) is 0.676. The summed E-state index contributed by atoms with van der Waals surface area (Å²) in [6.07, 6.45) is 1.23. The maximum atomic E-state index is 5.29. The highest BCUT2D eigenvalue weighted by molar-refractivity contribution is 9.09. The van der Waals surface area contributed by atoms with Crippen LogP contribution in [0.15, 0.2) is 24.3 Å². The van der Waals surface area contributed by atoms with Crippen LogP contribution in [0.4, 0.5) is 0 Å². The average Bonchev–Trinajstić information content (AvgIpc) is 2.90. The Morgan fingerprint density at radius 3 is 2.85 bits per heavy atom. The van der Waals surface area contributed by atoms with E-state index in [4.69, 9.17) is 4.74 Å². The summed E-state index contributed by atoms with van der Waals surface area (Å²) in [6.45, 7) is 2.15. The molecular weight excluding hydrogens is 352 g/mol. The third kappa shape index (κ3) is 2.78. The normalized spacial score (nSPS) is 15.8. The summed E-state index contributed by atoms with van der Waals surface area (Å²) < 4.78 is 5.29. The van der Waals surface area contributed by atoms with Crippen molar-refractivity contribution in [1.29, 1.82) is 0 Å². The number of aryl methyl sites for hydroxylation is 2. The predicted molar refractivity (Wildman–Crippen MR) is 92.7 cm³/mol. The Bertz CT molecular complexity index is 597. The van der Waals surface area contributed by atoms with Crippen molar-refractivity contribution in [3.8, 4) is 5.75 Å². The van der Waals surface area contributed by atoms with Gasteiger partial charge in [0, 0.05) is 15.5 Å². The number of thiophene rings is 1. The summed E-state index contributed by atoms with van der Waals surface area (Å²) in [5.41, 5.74) is 4.14. The number of thioether (sulfide) groups is 1. The van der Waals surface area contributed by atoms with E-state index in [9.17, 15) is 0 Å². The second kappa shape index (κ2) is 6.12. The van der Waals surface area contributed by atoms with Gasteiger partial charge in [0.15, 0.2) is 0 Å². The first-order valence-electron chi connectivity index (χ1n) is 6.67. The zero-order valence-corrected chi connectivity index (χ0v) is 14.8. The third-order valence-corrected chi connectivity index (χ3v) is 7.25. The fourth-order valence-electron chi connectivity index (χ4n) is 2.51. The molecule has 0 N–H and O–H groups in total. The molecule has 3 rings (SSSR count). The Labute approximate surface area is 136 Å². The van der Waals surface area contributed by atoms with Gasteiger partial charge in [-0.25, -0.2) is 0 Å². The number of alkyl halides is 1. The van der Waals surface area contributed by atoms with Crippen LogP contribution < -0.4 is 4.74 Å². The molecule has 0 radical (unpaired) electrons. The molecule has 0 saturated carbocycles. The molecule has 1 aromatic heterocycles. The van der Waals surface area contributed by atoms with Crippen molar-refractivity contribution in [3.05, 3.63) is 50.7 Å². The van der Waals surface area contributed by atoms with Gasteiger partial charge in [-0.05, 0) is 54.0 Å². The molecule has 2 heterocycles. The second-order valence-electron chi connectivity index (χ2n) is 4.98. The van der Waals surface area contributed by atoms with E-state index in [1.807, 2.05) is 29.2 Å². The van der Waals surface area contributed by atoms with Crippen LogP contribution in [-0.2, 0) is 12.2 Å². The first-order valence-corrected chi connectivity index (χ1v) is 9.55. The summed E-state index contributed by atoms with van der Waals surface area (Å²) in [5.74, 6) is 3.36. The van der Waals surface area contributed by atoms with Crippen LogP contribution in [0.2, 0.25) is 0 Å². The van der Waals surface area contributed by atoms with Crippen LogP contribution in [-0.4, -0.2) is 12.9 Å². The molecule has 106 valence electrons. The van der Waals surface area contributed by atoms with E-state index in [0.29, 0.717) is 0 Å². The van der Waals surface area contributed by atoms with E-state index in [-0.39, 0.29) is 4.83 Å². The van der Waals surface area contributed by atoms with Crippen molar-refractivity contribution < 1.29 is 4.74 Å². The van der Waals surface area contributed by atoms with Crippen LogP contribution in [0.25, 0.3) is 0 Å². The molecule has 1 nitrogen and oxygen atoms in total. The van der Waals surface area contributed by atoms with E-state index in [0.717, 1.165) is 5.75 Å². The molecule has 2 aromatic rings. The Hall–Kier alpha value is -0.450. The van der Waals surface area contributed by atoms with Crippen LogP contribution in [0.1, 0.15) is 31.3 Å². The van der Waals surface area contributed by atoms with E-state index < -0.39 is 0 Å². The van der Waals surface area contributed by atoms with Gasteiger partial charge < -0.3 is 4.74 Å². The molecule has 1 aliphatic rings. The molecule has 0 aliphatic carbocycles. The zero-order chi connectivity index (χ0) is 14.1. The molecule has 4 heteroatoms. The number of hydrogen-bond acceptors (Lipinski definition) is 3. The van der Waals surface area contributed by atoms with Crippen molar-refractivity contribution in [2.45, 2.75) is 23.9 Å². The van der Waals surface area contributed by atoms with E-state index in [1.54, 1.807) is 12.0 Å². The minimum atomic E-state index is 0.286. The minimum absolute atomic E-state index is 0.286. The molecule has 0 fully saturated rings. The summed E-state index contributed by atoms with van der Waals surface area (Å²) in [7, 11) is 1.71. The van der Waals surface area contributed by atoms with Crippen LogP contribution in [0, 0.1) is 6.92 Å². The van der Waals surface area contributed by atoms with Gasteiger partial charge in [-0.3, -0.25) is 0 Å². The maximum Gasteiger partial charge on any atom is 0.119 e. The highest BCUT2D eigenvalue weighted by Crippen LogP contribution is 2.41. The molecule has 0 spiro atoms. The summed E-state index contributed by atoms with van der Waals surface area (Å²) >= 11 is 7.89. The number of methoxy groups -OCH3 is 1. The molecule has 1 unspecified atom stereocenters. The van der Waals surface area contributed by atoms with Crippen LogP contribution in [0.5, 0.6) is 5.75 Å². The minimum Gasteiger partial charge on any atom is -0.497 e. The largest absolute Gasteiger partial charge is 0.497 e. The van der Waals surface area contributed by atoms with Gasteiger partial charge >= 0.3 is 0 Å². The lowest BCUT2D eigenvalue weighted by Crippen LogP contribution is -1.96. The smallest absolute Gasteiger partial charge is 0.119 e. The first-order chi connectivity index (χ1) is 9.69. The lowest BCUT2D eigenvalue weighted by molar-refractivity contribution is 0.414. The Balaban J connectivity index is 1.92.